The molecule has 1 unspecified atom stereocenters. The first-order chi connectivity index (χ1) is 15.0. The lowest BCUT2D eigenvalue weighted by Crippen LogP contribution is -2.37. The van der Waals surface area contributed by atoms with Crippen LogP contribution in [-0.2, 0) is 12.8 Å². The predicted octanol–water partition coefficient (Wildman–Crippen LogP) is 7.19. The number of hydrogen-bond acceptors (Lipinski definition) is 3. The van der Waals surface area contributed by atoms with Gasteiger partial charge in [-0.15, -0.1) is 0 Å². The molecule has 1 aliphatic heterocycles. The van der Waals surface area contributed by atoms with E-state index in [2.05, 4.69) is 55.0 Å². The zero-order valence-electron chi connectivity index (χ0n) is 19.2. The average Bonchev–Trinajstić information content (AvgIpc) is 3.20. The molecule has 1 aliphatic carbocycles. The SMILES string of the molecule is C=C(CCCC)N1CCN(C(=C)c2ccc3c(Cl)c4c(nc3c2)CCCC4)C1CCC. The fourth-order valence-corrected chi connectivity index (χ4v) is 5.54. The molecule has 0 bridgehead atoms. The Morgan fingerprint density at radius 3 is 2.65 bits per heavy atom. The third-order valence-corrected chi connectivity index (χ3v) is 7.38. The number of nitrogens with zero attached hydrogens (tertiary/aromatic N) is 3. The molecule has 3 nitrogen and oxygen atoms in total. The number of aromatic nitrogens is 1. The molecule has 2 heterocycles. The molecule has 0 radical (unpaired) electrons. The molecule has 0 amide bonds. The van der Waals surface area contributed by atoms with Crippen LogP contribution in [0.25, 0.3) is 16.6 Å². The van der Waals surface area contributed by atoms with Gasteiger partial charge in [-0.05, 0) is 62.1 Å². The summed E-state index contributed by atoms with van der Waals surface area (Å²) >= 11 is 6.79. The number of hydrogen-bond donors (Lipinski definition) is 0. The molecular formula is C27H36ClN3. The van der Waals surface area contributed by atoms with Crippen molar-refractivity contribution in [2.24, 2.45) is 0 Å². The number of halogens is 1. The molecule has 4 heteroatoms. The van der Waals surface area contributed by atoms with Crippen LogP contribution in [0.3, 0.4) is 0 Å². The van der Waals surface area contributed by atoms with Gasteiger partial charge in [0.05, 0.1) is 10.5 Å². The Morgan fingerprint density at radius 1 is 1.10 bits per heavy atom. The Balaban J connectivity index is 1.61. The van der Waals surface area contributed by atoms with E-state index in [1.165, 1.54) is 42.6 Å². The largest absolute Gasteiger partial charge is 0.353 e. The van der Waals surface area contributed by atoms with Gasteiger partial charge in [-0.3, -0.25) is 4.98 Å². The first kappa shape index (κ1) is 22.2. The predicted molar refractivity (Wildman–Crippen MR) is 133 cm³/mol. The molecule has 1 fully saturated rings. The minimum absolute atomic E-state index is 0.345. The van der Waals surface area contributed by atoms with Crippen LogP contribution in [0.15, 0.2) is 37.1 Å². The Morgan fingerprint density at radius 2 is 1.87 bits per heavy atom. The molecular weight excluding hydrogens is 402 g/mol. The molecule has 1 aromatic carbocycles. The van der Waals surface area contributed by atoms with E-state index in [0.29, 0.717) is 6.17 Å². The van der Waals surface area contributed by atoms with Crippen LogP contribution in [0.4, 0.5) is 0 Å². The fourth-order valence-electron chi connectivity index (χ4n) is 5.17. The topological polar surface area (TPSA) is 19.4 Å². The highest BCUT2D eigenvalue weighted by Crippen LogP contribution is 2.36. The zero-order chi connectivity index (χ0) is 22.0. The third-order valence-electron chi connectivity index (χ3n) is 6.95. The van der Waals surface area contributed by atoms with Crippen LogP contribution in [-0.4, -0.2) is 34.0 Å². The van der Waals surface area contributed by atoms with Gasteiger partial charge in [-0.1, -0.05) is 63.6 Å². The van der Waals surface area contributed by atoms with Crippen LogP contribution >= 0.6 is 11.6 Å². The first-order valence-electron chi connectivity index (χ1n) is 12.1. The quantitative estimate of drug-likeness (QED) is 0.435. The smallest absolute Gasteiger partial charge is 0.101 e. The van der Waals surface area contributed by atoms with E-state index < -0.39 is 0 Å². The van der Waals surface area contributed by atoms with Crippen LogP contribution in [0.5, 0.6) is 0 Å². The summed E-state index contributed by atoms with van der Waals surface area (Å²) in [6.45, 7) is 15.5. The highest BCUT2D eigenvalue weighted by Gasteiger charge is 2.33. The second kappa shape index (κ2) is 9.65. The van der Waals surface area contributed by atoms with Crippen molar-refractivity contribution in [3.63, 3.8) is 0 Å². The summed E-state index contributed by atoms with van der Waals surface area (Å²) in [6, 6.07) is 6.50. The summed E-state index contributed by atoms with van der Waals surface area (Å²) in [5.74, 6) is 0. The standard InChI is InChI=1S/C27H36ClN3/c1-5-7-11-19(3)30-16-17-31(26(30)10-6-2)20(4)21-14-15-23-25(18-21)29-24-13-9-8-12-22(24)27(23)28/h14-15,18,26H,3-13,16-17H2,1-2H3. The molecule has 0 spiro atoms. The first-order valence-corrected chi connectivity index (χ1v) is 12.4. The minimum Gasteiger partial charge on any atom is -0.353 e. The summed E-state index contributed by atoms with van der Waals surface area (Å²) in [4.78, 5) is 9.99. The molecule has 4 rings (SSSR count). The maximum atomic E-state index is 6.79. The van der Waals surface area contributed by atoms with E-state index in [-0.39, 0.29) is 0 Å². The number of allylic oxidation sites excluding steroid dienone is 1. The van der Waals surface area contributed by atoms with Crippen molar-refractivity contribution < 1.29 is 0 Å². The highest BCUT2D eigenvalue weighted by molar-refractivity contribution is 6.36. The van der Waals surface area contributed by atoms with Crippen molar-refractivity contribution in [3.05, 3.63) is 58.9 Å². The van der Waals surface area contributed by atoms with Gasteiger partial charge in [0.2, 0.25) is 0 Å². The van der Waals surface area contributed by atoms with Crippen LogP contribution in [0.2, 0.25) is 5.02 Å². The lowest BCUT2D eigenvalue weighted by Gasteiger charge is -2.35. The van der Waals surface area contributed by atoms with E-state index in [1.54, 1.807) is 0 Å². The molecule has 1 aromatic heterocycles. The lowest BCUT2D eigenvalue weighted by atomic mass is 9.94. The van der Waals surface area contributed by atoms with Crippen molar-refractivity contribution in [3.8, 4) is 0 Å². The molecule has 31 heavy (non-hydrogen) atoms. The number of pyridine rings is 1. The van der Waals surface area contributed by atoms with Gasteiger partial charge in [0.1, 0.15) is 6.17 Å². The van der Waals surface area contributed by atoms with Gasteiger partial charge >= 0.3 is 0 Å². The monoisotopic (exact) mass is 437 g/mol. The van der Waals surface area contributed by atoms with Crippen molar-refractivity contribution >= 4 is 28.2 Å². The van der Waals surface area contributed by atoms with Gasteiger partial charge in [0, 0.05) is 35.6 Å². The van der Waals surface area contributed by atoms with Crippen molar-refractivity contribution in [1.29, 1.82) is 0 Å². The molecule has 1 saturated heterocycles. The maximum absolute atomic E-state index is 6.79. The second-order valence-electron chi connectivity index (χ2n) is 9.06. The maximum Gasteiger partial charge on any atom is 0.101 e. The Bertz CT molecular complexity index is 980. The van der Waals surface area contributed by atoms with Crippen molar-refractivity contribution in [1.82, 2.24) is 14.8 Å². The van der Waals surface area contributed by atoms with Crippen LogP contribution < -0.4 is 0 Å². The van der Waals surface area contributed by atoms with E-state index >= 15 is 0 Å². The Kier molecular flexibility index (Phi) is 6.91. The average molecular weight is 438 g/mol. The molecule has 1 atom stereocenters. The Hall–Kier alpha value is -2.00. The number of unbranched alkanes of at least 4 members (excludes halogenated alkanes) is 1. The number of benzene rings is 1. The van der Waals surface area contributed by atoms with Gasteiger partial charge < -0.3 is 9.80 Å². The van der Waals surface area contributed by atoms with Gasteiger partial charge in [0.25, 0.3) is 0 Å². The molecule has 0 saturated carbocycles. The van der Waals surface area contributed by atoms with E-state index in [4.69, 9.17) is 16.6 Å². The Labute approximate surface area is 192 Å². The zero-order valence-corrected chi connectivity index (χ0v) is 20.0. The molecule has 166 valence electrons. The van der Waals surface area contributed by atoms with Crippen molar-refractivity contribution in [2.75, 3.05) is 13.1 Å². The number of fused-ring (bicyclic) bond motifs is 2. The highest BCUT2D eigenvalue weighted by atomic mass is 35.5. The fraction of sp³-hybridized carbons (Fsp3) is 0.519. The number of aryl methyl sites for hydroxylation is 1. The van der Waals surface area contributed by atoms with Gasteiger partial charge in [-0.25, -0.2) is 0 Å². The van der Waals surface area contributed by atoms with Crippen molar-refractivity contribution in [2.45, 2.75) is 77.8 Å². The van der Waals surface area contributed by atoms with E-state index in [0.717, 1.165) is 72.4 Å². The van der Waals surface area contributed by atoms with Crippen LogP contribution in [0.1, 0.15) is 75.6 Å². The molecule has 0 N–H and O–H groups in total. The number of rotatable bonds is 8. The molecule has 2 aromatic rings. The normalized spacial score (nSPS) is 18.5. The van der Waals surface area contributed by atoms with E-state index in [1.807, 2.05) is 0 Å². The lowest BCUT2D eigenvalue weighted by molar-refractivity contribution is 0.203. The third kappa shape index (κ3) is 4.35. The van der Waals surface area contributed by atoms with Gasteiger partial charge in [-0.2, -0.15) is 0 Å². The van der Waals surface area contributed by atoms with E-state index in [9.17, 15) is 0 Å². The summed E-state index contributed by atoms with van der Waals surface area (Å²) in [5.41, 5.74) is 6.95. The second-order valence-corrected chi connectivity index (χ2v) is 9.44. The van der Waals surface area contributed by atoms with Gasteiger partial charge in [0.15, 0.2) is 0 Å². The minimum atomic E-state index is 0.345. The summed E-state index contributed by atoms with van der Waals surface area (Å²) in [5, 5.41) is 1.97. The summed E-state index contributed by atoms with van der Waals surface area (Å²) < 4.78 is 0. The summed E-state index contributed by atoms with van der Waals surface area (Å²) in [7, 11) is 0. The molecule has 2 aliphatic rings. The summed E-state index contributed by atoms with van der Waals surface area (Å²) in [6.07, 6.45) is 10.6. The van der Waals surface area contributed by atoms with Crippen LogP contribution in [0, 0.1) is 0 Å².